The van der Waals surface area contributed by atoms with Crippen molar-refractivity contribution in [3.63, 3.8) is 0 Å². The lowest BCUT2D eigenvalue weighted by atomic mass is 10.0. The highest BCUT2D eigenvalue weighted by Crippen LogP contribution is 2.20. The Kier molecular flexibility index (Phi) is 4.42. The summed E-state index contributed by atoms with van der Waals surface area (Å²) in [5.41, 5.74) is 1.67. The van der Waals surface area contributed by atoms with Gasteiger partial charge in [-0.2, -0.15) is 0 Å². The Hall–Kier alpha value is -2.95. The second-order valence-electron chi connectivity index (χ2n) is 5.94. The van der Waals surface area contributed by atoms with Crippen molar-refractivity contribution in [2.24, 2.45) is 5.92 Å². The zero-order valence-electron chi connectivity index (χ0n) is 13.4. The van der Waals surface area contributed by atoms with Crippen LogP contribution in [0, 0.1) is 5.92 Å². The number of rotatable bonds is 4. The van der Waals surface area contributed by atoms with Gasteiger partial charge in [-0.3, -0.25) is 14.4 Å². The Labute approximate surface area is 140 Å². The summed E-state index contributed by atoms with van der Waals surface area (Å²) in [5.74, 6) is -0.668. The molecule has 1 aliphatic heterocycles. The molecule has 0 aromatic heterocycles. The van der Waals surface area contributed by atoms with Gasteiger partial charge in [-0.15, -0.1) is 0 Å². The summed E-state index contributed by atoms with van der Waals surface area (Å²) in [6.45, 7) is 0.424. The number of benzene rings is 2. The molecule has 1 atom stereocenters. The lowest BCUT2D eigenvalue weighted by Gasteiger charge is -2.11. The van der Waals surface area contributed by atoms with E-state index in [0.29, 0.717) is 23.4 Å². The van der Waals surface area contributed by atoms with Crippen LogP contribution in [0.4, 0.5) is 5.69 Å². The fraction of sp³-hybridized carbons (Fsp3) is 0.211. The van der Waals surface area contributed by atoms with Gasteiger partial charge in [0.05, 0.1) is 5.92 Å². The van der Waals surface area contributed by atoms with Crippen LogP contribution >= 0.6 is 0 Å². The molecule has 1 heterocycles. The summed E-state index contributed by atoms with van der Waals surface area (Å²) in [5, 5.41) is 2.80. The third-order valence-electron chi connectivity index (χ3n) is 4.14. The minimum Gasteiger partial charge on any atom is -0.345 e. The second-order valence-corrected chi connectivity index (χ2v) is 5.94. The molecule has 1 N–H and O–H groups in total. The first-order valence-electron chi connectivity index (χ1n) is 7.79. The van der Waals surface area contributed by atoms with Gasteiger partial charge in [0.15, 0.2) is 5.78 Å². The normalized spacial score (nSPS) is 17.0. The lowest BCUT2D eigenvalue weighted by molar-refractivity contribution is -0.127. The molecule has 1 aliphatic rings. The fourth-order valence-electron chi connectivity index (χ4n) is 2.78. The van der Waals surface area contributed by atoms with Gasteiger partial charge in [-0.25, -0.2) is 0 Å². The molecule has 0 bridgehead atoms. The standard InChI is InChI=1S/C19H18N2O3/c1-21-12-15(11-17(21)22)19(24)20-16-9-5-8-14(10-16)18(23)13-6-3-2-4-7-13/h2-10,15H,11-12H2,1H3,(H,20,24). The molecule has 1 unspecified atom stereocenters. The van der Waals surface area contributed by atoms with Gasteiger partial charge in [-0.1, -0.05) is 42.5 Å². The monoisotopic (exact) mass is 322 g/mol. The molecule has 122 valence electrons. The van der Waals surface area contributed by atoms with Crippen LogP contribution in [0.3, 0.4) is 0 Å². The maximum atomic E-state index is 12.5. The molecule has 2 aromatic rings. The maximum absolute atomic E-state index is 12.5. The van der Waals surface area contributed by atoms with E-state index in [2.05, 4.69) is 5.32 Å². The Balaban J connectivity index is 1.73. The van der Waals surface area contributed by atoms with Gasteiger partial charge in [-0.05, 0) is 12.1 Å². The Morgan fingerprint density at radius 3 is 2.42 bits per heavy atom. The first kappa shape index (κ1) is 15.9. The number of nitrogens with zero attached hydrogens (tertiary/aromatic N) is 1. The molecule has 5 nitrogen and oxygen atoms in total. The highest BCUT2D eigenvalue weighted by molar-refractivity contribution is 6.09. The van der Waals surface area contributed by atoms with Gasteiger partial charge >= 0.3 is 0 Å². The van der Waals surface area contributed by atoms with E-state index in [0.717, 1.165) is 0 Å². The van der Waals surface area contributed by atoms with Crippen LogP contribution in [0.15, 0.2) is 54.6 Å². The van der Waals surface area contributed by atoms with Crippen molar-refractivity contribution in [3.8, 4) is 0 Å². The quantitative estimate of drug-likeness (QED) is 0.879. The Morgan fingerprint density at radius 2 is 1.75 bits per heavy atom. The number of anilines is 1. The van der Waals surface area contributed by atoms with Crippen molar-refractivity contribution in [1.29, 1.82) is 0 Å². The van der Waals surface area contributed by atoms with E-state index in [1.807, 2.05) is 18.2 Å². The molecule has 0 saturated carbocycles. The van der Waals surface area contributed by atoms with Crippen LogP contribution in [0.25, 0.3) is 0 Å². The first-order valence-corrected chi connectivity index (χ1v) is 7.79. The predicted octanol–water partition coefficient (Wildman–Crippen LogP) is 2.33. The molecule has 1 fully saturated rings. The third-order valence-corrected chi connectivity index (χ3v) is 4.14. The van der Waals surface area contributed by atoms with E-state index < -0.39 is 0 Å². The summed E-state index contributed by atoms with van der Waals surface area (Å²) in [7, 11) is 1.69. The predicted molar refractivity (Wildman–Crippen MR) is 90.7 cm³/mol. The van der Waals surface area contributed by atoms with Gasteiger partial charge in [0.25, 0.3) is 0 Å². The van der Waals surface area contributed by atoms with Crippen LogP contribution in [0.1, 0.15) is 22.3 Å². The molecule has 0 aliphatic carbocycles. The van der Waals surface area contributed by atoms with E-state index in [1.54, 1.807) is 48.3 Å². The van der Waals surface area contributed by atoms with Gasteiger partial charge in [0, 0.05) is 36.8 Å². The Morgan fingerprint density at radius 1 is 1.04 bits per heavy atom. The zero-order chi connectivity index (χ0) is 17.1. The molecule has 0 spiro atoms. The molecule has 0 radical (unpaired) electrons. The number of likely N-dealkylation sites (tertiary alicyclic amines) is 1. The SMILES string of the molecule is CN1CC(C(=O)Nc2cccc(C(=O)c3ccccc3)c2)CC1=O. The Bertz CT molecular complexity index is 786. The van der Waals surface area contributed by atoms with E-state index in [9.17, 15) is 14.4 Å². The van der Waals surface area contributed by atoms with Crippen LogP contribution in [-0.4, -0.2) is 36.1 Å². The van der Waals surface area contributed by atoms with Crippen molar-refractivity contribution in [3.05, 3.63) is 65.7 Å². The first-order chi connectivity index (χ1) is 11.5. The zero-order valence-corrected chi connectivity index (χ0v) is 13.4. The van der Waals surface area contributed by atoms with Gasteiger partial charge < -0.3 is 10.2 Å². The average molecular weight is 322 g/mol. The number of ketones is 1. The van der Waals surface area contributed by atoms with E-state index in [1.165, 1.54) is 0 Å². The van der Waals surface area contributed by atoms with Crippen molar-refractivity contribution in [2.45, 2.75) is 6.42 Å². The molecule has 5 heteroatoms. The van der Waals surface area contributed by atoms with Crippen LogP contribution in [0.5, 0.6) is 0 Å². The van der Waals surface area contributed by atoms with Gasteiger partial charge in [0.2, 0.25) is 11.8 Å². The van der Waals surface area contributed by atoms with E-state index >= 15 is 0 Å². The summed E-state index contributed by atoms with van der Waals surface area (Å²) < 4.78 is 0. The molecular weight excluding hydrogens is 304 g/mol. The minimum absolute atomic E-state index is 0.0249. The number of hydrogen-bond donors (Lipinski definition) is 1. The largest absolute Gasteiger partial charge is 0.345 e. The van der Waals surface area contributed by atoms with Crippen molar-refractivity contribution < 1.29 is 14.4 Å². The highest BCUT2D eigenvalue weighted by atomic mass is 16.2. The van der Waals surface area contributed by atoms with E-state index in [-0.39, 0.29) is 29.9 Å². The van der Waals surface area contributed by atoms with Crippen molar-refractivity contribution in [1.82, 2.24) is 4.90 Å². The topological polar surface area (TPSA) is 66.5 Å². The van der Waals surface area contributed by atoms with E-state index in [4.69, 9.17) is 0 Å². The summed E-state index contributed by atoms with van der Waals surface area (Å²) >= 11 is 0. The molecule has 24 heavy (non-hydrogen) atoms. The summed E-state index contributed by atoms with van der Waals surface area (Å²) in [6.07, 6.45) is 0.227. The van der Waals surface area contributed by atoms with Crippen LogP contribution in [0.2, 0.25) is 0 Å². The van der Waals surface area contributed by atoms with Crippen molar-refractivity contribution in [2.75, 3.05) is 18.9 Å². The fourth-order valence-corrected chi connectivity index (χ4v) is 2.78. The minimum atomic E-state index is -0.351. The smallest absolute Gasteiger partial charge is 0.229 e. The van der Waals surface area contributed by atoms with Crippen molar-refractivity contribution >= 4 is 23.3 Å². The molecule has 2 aromatic carbocycles. The molecular formula is C19H18N2O3. The molecule has 2 amide bonds. The number of nitrogens with one attached hydrogen (secondary N) is 1. The third kappa shape index (κ3) is 3.35. The van der Waals surface area contributed by atoms with Crippen LogP contribution in [-0.2, 0) is 9.59 Å². The number of amides is 2. The lowest BCUT2D eigenvalue weighted by Crippen LogP contribution is -2.25. The summed E-state index contributed by atoms with van der Waals surface area (Å²) in [6, 6.07) is 15.8. The molecule has 3 rings (SSSR count). The average Bonchev–Trinajstić information content (AvgIpc) is 2.94. The van der Waals surface area contributed by atoms with Crippen LogP contribution < -0.4 is 5.32 Å². The van der Waals surface area contributed by atoms with Gasteiger partial charge in [0.1, 0.15) is 0 Å². The second kappa shape index (κ2) is 6.66. The summed E-state index contributed by atoms with van der Waals surface area (Å²) in [4.78, 5) is 37.8. The number of carbonyl (C=O) groups excluding carboxylic acids is 3. The number of hydrogen-bond acceptors (Lipinski definition) is 3. The highest BCUT2D eigenvalue weighted by Gasteiger charge is 2.32. The maximum Gasteiger partial charge on any atom is 0.229 e. The number of carbonyl (C=O) groups is 3. The molecule has 1 saturated heterocycles.